The van der Waals surface area contributed by atoms with Crippen LogP contribution in [0.2, 0.25) is 0 Å². The third-order valence-corrected chi connectivity index (χ3v) is 3.28. The predicted octanol–water partition coefficient (Wildman–Crippen LogP) is 3.89. The summed E-state index contributed by atoms with van der Waals surface area (Å²) >= 11 is 0. The van der Waals surface area contributed by atoms with Crippen molar-refractivity contribution >= 4 is 0 Å². The molecule has 0 N–H and O–H groups in total. The summed E-state index contributed by atoms with van der Waals surface area (Å²) in [6.07, 6.45) is 4.68. The summed E-state index contributed by atoms with van der Waals surface area (Å²) in [5.74, 6) is 1.77. The topological polar surface area (TPSA) is 36.9 Å². The highest BCUT2D eigenvalue weighted by Crippen LogP contribution is 2.33. The monoisotopic (exact) mass is 292 g/mol. The van der Waals surface area contributed by atoms with Crippen LogP contribution in [0.3, 0.4) is 0 Å². The summed E-state index contributed by atoms with van der Waals surface area (Å²) in [7, 11) is 3.27. The standard InChI is InChI=1S/C17H24O4/c1-5-20-11-9-14(10-12-21-6-2)15-7-8-16(18-3)17(13-15)19-4/h5-8,13-14H,1-2,9-12H2,3-4H3. The number of methoxy groups -OCH3 is 2. The van der Waals surface area contributed by atoms with Gasteiger partial charge in [0.2, 0.25) is 0 Å². The van der Waals surface area contributed by atoms with Crippen LogP contribution in [0.4, 0.5) is 0 Å². The van der Waals surface area contributed by atoms with Gasteiger partial charge in [-0.1, -0.05) is 19.2 Å². The minimum atomic E-state index is 0.310. The highest BCUT2D eigenvalue weighted by molar-refractivity contribution is 5.43. The Balaban J connectivity index is 2.83. The maximum Gasteiger partial charge on any atom is 0.160 e. The molecule has 21 heavy (non-hydrogen) atoms. The van der Waals surface area contributed by atoms with Crippen LogP contribution in [-0.4, -0.2) is 27.4 Å². The van der Waals surface area contributed by atoms with E-state index in [4.69, 9.17) is 18.9 Å². The second kappa shape index (κ2) is 9.75. The number of ether oxygens (including phenoxy) is 4. The van der Waals surface area contributed by atoms with Gasteiger partial charge in [-0.3, -0.25) is 0 Å². The zero-order valence-electron chi connectivity index (χ0n) is 12.8. The quantitative estimate of drug-likeness (QED) is 0.458. The molecule has 0 fully saturated rings. The molecule has 116 valence electrons. The largest absolute Gasteiger partial charge is 0.502 e. The predicted molar refractivity (Wildman–Crippen MR) is 83.8 cm³/mol. The molecule has 0 aliphatic heterocycles. The Morgan fingerprint density at radius 1 is 0.952 bits per heavy atom. The van der Waals surface area contributed by atoms with Crippen molar-refractivity contribution in [2.75, 3.05) is 27.4 Å². The van der Waals surface area contributed by atoms with E-state index in [1.54, 1.807) is 14.2 Å². The third-order valence-electron chi connectivity index (χ3n) is 3.28. The van der Waals surface area contributed by atoms with Crippen LogP contribution in [0.5, 0.6) is 11.5 Å². The van der Waals surface area contributed by atoms with E-state index in [1.165, 1.54) is 18.1 Å². The van der Waals surface area contributed by atoms with Crippen molar-refractivity contribution in [3.8, 4) is 11.5 Å². The molecular weight excluding hydrogens is 268 g/mol. The molecule has 1 rings (SSSR count). The van der Waals surface area contributed by atoms with Crippen molar-refractivity contribution in [1.29, 1.82) is 0 Å². The fourth-order valence-corrected chi connectivity index (χ4v) is 2.17. The zero-order chi connectivity index (χ0) is 15.5. The van der Waals surface area contributed by atoms with Crippen molar-refractivity contribution in [1.82, 2.24) is 0 Å². The molecule has 4 heteroatoms. The maximum absolute atomic E-state index is 5.36. The van der Waals surface area contributed by atoms with Gasteiger partial charge in [0, 0.05) is 0 Å². The summed E-state index contributed by atoms with van der Waals surface area (Å²) in [6.45, 7) is 8.36. The van der Waals surface area contributed by atoms with Gasteiger partial charge < -0.3 is 18.9 Å². The molecule has 0 aliphatic rings. The van der Waals surface area contributed by atoms with E-state index in [1.807, 2.05) is 18.2 Å². The van der Waals surface area contributed by atoms with Crippen molar-refractivity contribution in [3.05, 3.63) is 49.4 Å². The Kier molecular flexibility index (Phi) is 7.87. The molecule has 1 aromatic rings. The first-order valence-electron chi connectivity index (χ1n) is 6.93. The normalized spacial score (nSPS) is 10.0. The Labute approximate surface area is 127 Å². The Morgan fingerprint density at radius 2 is 1.52 bits per heavy atom. The molecule has 0 spiro atoms. The van der Waals surface area contributed by atoms with Gasteiger partial charge in [-0.25, -0.2) is 0 Å². The summed E-state index contributed by atoms with van der Waals surface area (Å²) in [6, 6.07) is 5.98. The molecule has 0 bridgehead atoms. The van der Waals surface area contributed by atoms with Crippen molar-refractivity contribution in [2.24, 2.45) is 0 Å². The number of hydrogen-bond acceptors (Lipinski definition) is 4. The Morgan fingerprint density at radius 3 is 2.00 bits per heavy atom. The van der Waals surface area contributed by atoms with Crippen molar-refractivity contribution in [2.45, 2.75) is 18.8 Å². The van der Waals surface area contributed by atoms with Gasteiger partial charge in [0.25, 0.3) is 0 Å². The molecule has 0 unspecified atom stereocenters. The Hall–Kier alpha value is -2.10. The van der Waals surface area contributed by atoms with Crippen molar-refractivity contribution < 1.29 is 18.9 Å². The van der Waals surface area contributed by atoms with Crippen LogP contribution in [-0.2, 0) is 9.47 Å². The second-order valence-electron chi connectivity index (χ2n) is 4.46. The van der Waals surface area contributed by atoms with Gasteiger partial charge >= 0.3 is 0 Å². The minimum Gasteiger partial charge on any atom is -0.502 e. The van der Waals surface area contributed by atoms with Crippen LogP contribution < -0.4 is 9.47 Å². The van der Waals surface area contributed by atoms with Gasteiger partial charge in [-0.15, -0.1) is 0 Å². The molecule has 1 aromatic carbocycles. The zero-order valence-corrected chi connectivity index (χ0v) is 12.8. The van der Waals surface area contributed by atoms with E-state index in [-0.39, 0.29) is 0 Å². The fraction of sp³-hybridized carbons (Fsp3) is 0.412. The molecule has 0 atom stereocenters. The van der Waals surface area contributed by atoms with E-state index in [0.717, 1.165) is 24.3 Å². The molecular formula is C17H24O4. The lowest BCUT2D eigenvalue weighted by Crippen LogP contribution is -2.06. The molecule has 0 saturated carbocycles. The highest BCUT2D eigenvalue weighted by Gasteiger charge is 2.14. The van der Waals surface area contributed by atoms with E-state index in [9.17, 15) is 0 Å². The smallest absolute Gasteiger partial charge is 0.160 e. The molecule has 0 saturated heterocycles. The molecule has 0 aromatic heterocycles. The van der Waals surface area contributed by atoms with Gasteiger partial charge in [0.15, 0.2) is 11.5 Å². The van der Waals surface area contributed by atoms with Gasteiger partial charge in [-0.05, 0) is 36.5 Å². The van der Waals surface area contributed by atoms with Crippen LogP contribution in [0.15, 0.2) is 43.9 Å². The SMILES string of the molecule is C=COCCC(CCOC=C)c1ccc(OC)c(OC)c1. The Bertz CT molecular complexity index is 428. The molecule has 0 amide bonds. The van der Waals surface area contributed by atoms with Crippen LogP contribution in [0.1, 0.15) is 24.3 Å². The number of rotatable bonds is 11. The second-order valence-corrected chi connectivity index (χ2v) is 4.46. The summed E-state index contributed by atoms with van der Waals surface area (Å²) < 4.78 is 21.1. The minimum absolute atomic E-state index is 0.310. The molecule has 0 heterocycles. The number of benzene rings is 1. The first-order valence-corrected chi connectivity index (χ1v) is 6.93. The lowest BCUT2D eigenvalue weighted by atomic mass is 9.93. The van der Waals surface area contributed by atoms with Gasteiger partial charge in [0.05, 0.1) is 40.0 Å². The first-order chi connectivity index (χ1) is 10.3. The summed E-state index contributed by atoms with van der Waals surface area (Å²) in [5.41, 5.74) is 1.17. The lowest BCUT2D eigenvalue weighted by molar-refractivity contribution is 0.207. The fourth-order valence-electron chi connectivity index (χ4n) is 2.17. The molecule has 0 aliphatic carbocycles. The average molecular weight is 292 g/mol. The van der Waals surface area contributed by atoms with Crippen LogP contribution in [0.25, 0.3) is 0 Å². The van der Waals surface area contributed by atoms with Gasteiger partial charge in [0.1, 0.15) is 0 Å². The van der Waals surface area contributed by atoms with E-state index < -0.39 is 0 Å². The van der Waals surface area contributed by atoms with Gasteiger partial charge in [-0.2, -0.15) is 0 Å². The highest BCUT2D eigenvalue weighted by atomic mass is 16.5. The summed E-state index contributed by atoms with van der Waals surface area (Å²) in [5, 5.41) is 0. The van der Waals surface area contributed by atoms with Crippen LogP contribution >= 0.6 is 0 Å². The van der Waals surface area contributed by atoms with E-state index in [2.05, 4.69) is 13.2 Å². The third kappa shape index (κ3) is 5.42. The molecule has 0 radical (unpaired) electrons. The first kappa shape index (κ1) is 17.0. The van der Waals surface area contributed by atoms with Crippen molar-refractivity contribution in [3.63, 3.8) is 0 Å². The average Bonchev–Trinajstić information content (AvgIpc) is 2.53. The van der Waals surface area contributed by atoms with Crippen LogP contribution in [0, 0.1) is 0 Å². The van der Waals surface area contributed by atoms with E-state index in [0.29, 0.717) is 19.1 Å². The van der Waals surface area contributed by atoms with E-state index >= 15 is 0 Å². The lowest BCUT2D eigenvalue weighted by Gasteiger charge is -2.18. The number of hydrogen-bond donors (Lipinski definition) is 0. The molecule has 4 nitrogen and oxygen atoms in total. The summed E-state index contributed by atoms with van der Waals surface area (Å²) in [4.78, 5) is 0. The maximum atomic E-state index is 5.36.